The van der Waals surface area contributed by atoms with Crippen LogP contribution in [0, 0.1) is 6.92 Å². The number of nitrogens with one attached hydrogen (secondary N) is 1. The van der Waals surface area contributed by atoms with Crippen molar-refractivity contribution >= 4 is 11.9 Å². The Bertz CT molecular complexity index is 857. The molecule has 0 spiro atoms. The van der Waals surface area contributed by atoms with Crippen molar-refractivity contribution in [1.82, 2.24) is 29.7 Å². The lowest BCUT2D eigenvalue weighted by molar-refractivity contribution is -0.0449. The molecule has 0 bridgehead atoms. The number of aromatic nitrogens is 3. The van der Waals surface area contributed by atoms with Crippen LogP contribution in [0.4, 0.5) is 11.9 Å². The predicted octanol–water partition coefficient (Wildman–Crippen LogP) is 4.22. The van der Waals surface area contributed by atoms with E-state index in [1.165, 1.54) is 0 Å². The normalized spacial score (nSPS) is 25.1. The van der Waals surface area contributed by atoms with E-state index in [0.29, 0.717) is 18.0 Å². The average Bonchev–Trinajstić information content (AvgIpc) is 2.72. The molecule has 8 heteroatoms. The second-order valence-corrected chi connectivity index (χ2v) is 13.6. The van der Waals surface area contributed by atoms with Gasteiger partial charge in [-0.15, -0.1) is 0 Å². The van der Waals surface area contributed by atoms with Crippen LogP contribution >= 0.6 is 0 Å². The van der Waals surface area contributed by atoms with Gasteiger partial charge in [-0.25, -0.2) is 0 Å². The summed E-state index contributed by atoms with van der Waals surface area (Å²) in [4.78, 5) is 24.3. The molecule has 8 nitrogen and oxygen atoms in total. The quantitative estimate of drug-likeness (QED) is 0.597. The first-order valence-corrected chi connectivity index (χ1v) is 13.2. The van der Waals surface area contributed by atoms with Crippen molar-refractivity contribution in [2.24, 2.45) is 0 Å². The Morgan fingerprint density at radius 3 is 1.63 bits per heavy atom. The van der Waals surface area contributed by atoms with Crippen LogP contribution in [-0.2, 0) is 0 Å². The van der Waals surface area contributed by atoms with Crippen LogP contribution in [0.25, 0.3) is 0 Å². The Kier molecular flexibility index (Phi) is 7.55. The summed E-state index contributed by atoms with van der Waals surface area (Å²) >= 11 is 0. The molecule has 2 saturated heterocycles. The van der Waals surface area contributed by atoms with E-state index in [9.17, 15) is 0 Å². The third-order valence-electron chi connectivity index (χ3n) is 9.23. The number of rotatable bonds is 6. The summed E-state index contributed by atoms with van der Waals surface area (Å²) in [6, 6.07) is 0.815. The second-order valence-electron chi connectivity index (χ2n) is 13.6. The highest BCUT2D eigenvalue weighted by atomic mass is 15.4. The fourth-order valence-corrected chi connectivity index (χ4v) is 6.58. The predicted molar refractivity (Wildman–Crippen MR) is 147 cm³/mol. The molecule has 0 aliphatic carbocycles. The van der Waals surface area contributed by atoms with Crippen LogP contribution in [0.2, 0.25) is 0 Å². The topological polar surface area (TPSA) is 63.7 Å². The average molecular weight is 489 g/mol. The fraction of sp³-hybridized carbons (Fsp3) is 0.889. The summed E-state index contributed by atoms with van der Waals surface area (Å²) in [6.07, 6.45) is 4.40. The number of hydrogen-bond acceptors (Lipinski definition) is 8. The van der Waals surface area contributed by atoms with Crippen molar-refractivity contribution in [2.45, 2.75) is 122 Å². The van der Waals surface area contributed by atoms with Gasteiger partial charge in [-0.3, -0.25) is 14.7 Å². The van der Waals surface area contributed by atoms with Gasteiger partial charge >= 0.3 is 0 Å². The van der Waals surface area contributed by atoms with E-state index in [1.54, 1.807) is 0 Å². The van der Waals surface area contributed by atoms with Crippen molar-refractivity contribution < 1.29 is 0 Å². The zero-order valence-electron chi connectivity index (χ0n) is 24.8. The molecule has 2 fully saturated rings. The van der Waals surface area contributed by atoms with Crippen LogP contribution in [0.3, 0.4) is 0 Å². The monoisotopic (exact) mass is 488 g/mol. The first-order valence-electron chi connectivity index (χ1n) is 13.2. The van der Waals surface area contributed by atoms with Crippen LogP contribution in [0.15, 0.2) is 0 Å². The van der Waals surface area contributed by atoms with Crippen molar-refractivity contribution in [2.75, 3.05) is 45.1 Å². The number of aryl methyl sites for hydroxylation is 1. The number of nitrogens with zero attached hydrogens (tertiary/aromatic N) is 7. The van der Waals surface area contributed by atoms with Gasteiger partial charge in [-0.1, -0.05) is 0 Å². The SMILES string of the molecule is CNc1nc(C)nc(N(CN(C)C2CC(C)(C)N(C)C(C)(C)C2)C2CC(C)(C)N(C)C(C)(C)C2)n1. The standard InChI is InChI=1S/C27H52N8/c1-19-29-22(28-10)31-23(30-19)35(21-16-26(6,7)34(13)27(8,9)17-21)18-32(11)20-14-24(2,3)33(12)25(4,5)15-20/h20-21H,14-18H2,1-13H3,(H,28,29,30,31). The van der Waals surface area contributed by atoms with Gasteiger partial charge in [0.05, 0.1) is 6.67 Å². The Labute approximate surface area is 214 Å². The maximum Gasteiger partial charge on any atom is 0.231 e. The van der Waals surface area contributed by atoms with Crippen LogP contribution in [0.5, 0.6) is 0 Å². The molecule has 1 aromatic heterocycles. The summed E-state index contributed by atoms with van der Waals surface area (Å²) in [5, 5.41) is 3.13. The second kappa shape index (κ2) is 9.42. The summed E-state index contributed by atoms with van der Waals surface area (Å²) in [6.45, 7) is 21.7. The minimum Gasteiger partial charge on any atom is -0.357 e. The van der Waals surface area contributed by atoms with Crippen LogP contribution in [-0.4, -0.2) is 98.8 Å². The van der Waals surface area contributed by atoms with Gasteiger partial charge in [-0.05, 0) is 109 Å². The number of piperidine rings is 2. The first-order chi connectivity index (χ1) is 15.9. The molecule has 3 rings (SSSR count). The van der Waals surface area contributed by atoms with Crippen molar-refractivity contribution in [3.05, 3.63) is 5.82 Å². The van der Waals surface area contributed by atoms with E-state index in [-0.39, 0.29) is 22.2 Å². The molecule has 35 heavy (non-hydrogen) atoms. The van der Waals surface area contributed by atoms with E-state index in [0.717, 1.165) is 44.1 Å². The summed E-state index contributed by atoms with van der Waals surface area (Å²) in [5.41, 5.74) is 0.446. The van der Waals surface area contributed by atoms with E-state index in [2.05, 4.69) is 106 Å². The molecule has 1 aromatic rings. The maximum atomic E-state index is 4.85. The van der Waals surface area contributed by atoms with E-state index >= 15 is 0 Å². The fourth-order valence-electron chi connectivity index (χ4n) is 6.58. The zero-order chi connectivity index (χ0) is 26.6. The Morgan fingerprint density at radius 1 is 0.771 bits per heavy atom. The van der Waals surface area contributed by atoms with Gasteiger partial charge in [-0.2, -0.15) is 15.0 Å². The van der Waals surface area contributed by atoms with Crippen LogP contribution < -0.4 is 10.2 Å². The molecular formula is C27H52N8. The van der Waals surface area contributed by atoms with E-state index < -0.39 is 0 Å². The molecule has 1 N–H and O–H groups in total. The molecular weight excluding hydrogens is 436 g/mol. The molecule has 0 saturated carbocycles. The summed E-state index contributed by atoms with van der Waals surface area (Å²) < 4.78 is 0. The number of hydrogen-bond donors (Lipinski definition) is 1. The molecule has 2 aliphatic heterocycles. The van der Waals surface area contributed by atoms with Crippen LogP contribution in [0.1, 0.15) is 86.9 Å². The van der Waals surface area contributed by atoms with E-state index in [1.807, 2.05) is 14.0 Å². The smallest absolute Gasteiger partial charge is 0.231 e. The maximum absolute atomic E-state index is 4.85. The molecule has 0 aromatic carbocycles. The minimum absolute atomic E-state index is 0.0781. The lowest BCUT2D eigenvalue weighted by Crippen LogP contribution is -2.65. The first kappa shape index (κ1) is 28.1. The lowest BCUT2D eigenvalue weighted by atomic mass is 9.76. The Balaban J connectivity index is 1.97. The highest BCUT2D eigenvalue weighted by molar-refractivity contribution is 5.38. The van der Waals surface area contributed by atoms with Crippen molar-refractivity contribution in [3.8, 4) is 0 Å². The summed E-state index contributed by atoms with van der Waals surface area (Å²) in [7, 11) is 8.70. The third-order valence-corrected chi connectivity index (χ3v) is 9.23. The van der Waals surface area contributed by atoms with Crippen molar-refractivity contribution in [1.29, 1.82) is 0 Å². The van der Waals surface area contributed by atoms with Gasteiger partial charge in [0.1, 0.15) is 5.82 Å². The van der Waals surface area contributed by atoms with Gasteiger partial charge in [0.15, 0.2) is 0 Å². The van der Waals surface area contributed by atoms with Gasteiger partial charge in [0.2, 0.25) is 11.9 Å². The molecule has 0 radical (unpaired) electrons. The summed E-state index contributed by atoms with van der Waals surface area (Å²) in [5.74, 6) is 2.16. The molecule has 0 unspecified atom stereocenters. The lowest BCUT2D eigenvalue weighted by Gasteiger charge is -2.57. The van der Waals surface area contributed by atoms with Gasteiger partial charge in [0.25, 0.3) is 0 Å². The zero-order valence-corrected chi connectivity index (χ0v) is 24.8. The van der Waals surface area contributed by atoms with Crippen molar-refractivity contribution in [3.63, 3.8) is 0 Å². The third kappa shape index (κ3) is 5.75. The van der Waals surface area contributed by atoms with Gasteiger partial charge < -0.3 is 10.2 Å². The van der Waals surface area contributed by atoms with Gasteiger partial charge in [0, 0.05) is 41.3 Å². The molecule has 2 aliphatic rings. The molecule has 200 valence electrons. The molecule has 3 heterocycles. The minimum atomic E-state index is 0.0781. The Morgan fingerprint density at radius 2 is 1.20 bits per heavy atom. The molecule has 0 amide bonds. The largest absolute Gasteiger partial charge is 0.357 e. The highest BCUT2D eigenvalue weighted by Crippen LogP contribution is 2.41. The Hall–Kier alpha value is -1.51. The molecule has 0 atom stereocenters. The number of likely N-dealkylation sites (tertiary alicyclic amines) is 2. The highest BCUT2D eigenvalue weighted by Gasteiger charge is 2.47. The number of anilines is 2. The van der Waals surface area contributed by atoms with E-state index in [4.69, 9.17) is 9.97 Å².